The number of hydrogen-bond acceptors (Lipinski definition) is 5. The van der Waals surface area contributed by atoms with Crippen LogP contribution in [0.15, 0.2) is 41.3 Å². The molecule has 0 N–H and O–H groups in total. The maximum atomic E-state index is 12.9. The lowest BCUT2D eigenvalue weighted by atomic mass is 10.1. The highest BCUT2D eigenvalue weighted by Gasteiger charge is 2.21. The van der Waals surface area contributed by atoms with E-state index in [1.807, 2.05) is 13.8 Å². The van der Waals surface area contributed by atoms with Crippen LogP contribution in [-0.2, 0) is 19.6 Å². The summed E-state index contributed by atoms with van der Waals surface area (Å²) in [6, 6.07) is 9.81. The van der Waals surface area contributed by atoms with Crippen molar-refractivity contribution in [1.82, 2.24) is 4.31 Å². The molecule has 0 aliphatic rings. The topological polar surface area (TPSA) is 72.9 Å². The molecule has 0 aliphatic carbocycles. The number of halogens is 1. The number of sulfonamides is 1. The molecule has 34 heavy (non-hydrogen) atoms. The normalized spacial score (nSPS) is 11.6. The molecule has 0 aromatic heterocycles. The lowest BCUT2D eigenvalue weighted by Crippen LogP contribution is -2.28. The first-order valence-corrected chi connectivity index (χ1v) is 12.9. The molecular formula is C26H32ClNO5S. The van der Waals surface area contributed by atoms with Crippen LogP contribution in [0.2, 0.25) is 5.02 Å². The average molecular weight is 506 g/mol. The highest BCUT2D eigenvalue weighted by Crippen LogP contribution is 2.23. The average Bonchev–Trinajstić information content (AvgIpc) is 2.74. The van der Waals surface area contributed by atoms with Crippen molar-refractivity contribution in [3.8, 4) is 17.6 Å². The number of carbonyl (C=O) groups is 1. The van der Waals surface area contributed by atoms with Gasteiger partial charge in [-0.15, -0.1) is 0 Å². The molecule has 0 heterocycles. The third kappa shape index (κ3) is 8.05. The summed E-state index contributed by atoms with van der Waals surface area (Å²) in [7, 11) is -2.03. The lowest BCUT2D eigenvalue weighted by Gasteiger charge is -2.19. The predicted octanol–water partition coefficient (Wildman–Crippen LogP) is 5.19. The molecule has 0 atom stereocenters. The Morgan fingerprint density at radius 3 is 2.41 bits per heavy atom. The summed E-state index contributed by atoms with van der Waals surface area (Å²) >= 11 is 6.14. The van der Waals surface area contributed by atoms with Crippen molar-refractivity contribution in [1.29, 1.82) is 0 Å². The van der Waals surface area contributed by atoms with E-state index in [-0.39, 0.29) is 11.5 Å². The second kappa shape index (κ2) is 11.7. The number of esters is 1. The molecule has 2 aromatic carbocycles. The number of unbranched alkanes of at least 4 members (excludes halogenated alkanes) is 1. The van der Waals surface area contributed by atoms with Crippen molar-refractivity contribution in [2.75, 3.05) is 20.2 Å². The van der Waals surface area contributed by atoms with Gasteiger partial charge >= 0.3 is 5.97 Å². The molecule has 2 aromatic rings. The van der Waals surface area contributed by atoms with E-state index in [9.17, 15) is 13.2 Å². The van der Waals surface area contributed by atoms with Crippen LogP contribution in [0.1, 0.15) is 57.2 Å². The molecule has 0 amide bonds. The van der Waals surface area contributed by atoms with E-state index >= 15 is 0 Å². The zero-order valence-electron chi connectivity index (χ0n) is 20.6. The van der Waals surface area contributed by atoms with Crippen LogP contribution in [0.4, 0.5) is 0 Å². The van der Waals surface area contributed by atoms with Gasteiger partial charge in [-0.1, -0.05) is 42.9 Å². The molecule has 0 radical (unpaired) electrons. The van der Waals surface area contributed by atoms with Gasteiger partial charge in [-0.25, -0.2) is 17.5 Å². The monoisotopic (exact) mass is 505 g/mol. The van der Waals surface area contributed by atoms with Crippen LogP contribution in [0, 0.1) is 18.8 Å². The second-order valence-corrected chi connectivity index (χ2v) is 11.4. The molecular weight excluding hydrogens is 474 g/mol. The molecule has 0 saturated carbocycles. The van der Waals surface area contributed by atoms with Crippen molar-refractivity contribution in [3.63, 3.8) is 0 Å². The largest absolute Gasteiger partial charge is 0.481 e. The number of hydrogen-bond donors (Lipinski definition) is 0. The molecule has 6 nitrogen and oxygen atoms in total. The standard InChI is InChI=1S/C26H32ClNO5S/c1-7-8-15-28(6)34(30,31)23-13-9-19(2)20(17-23)10-11-21-16-22(27)12-14-24(21)32-18-25(29)33-26(3,4)5/h9,12-14,16-17H,7-8,15,18H2,1-6H3. The Hall–Kier alpha value is -2.53. The van der Waals surface area contributed by atoms with Crippen molar-refractivity contribution >= 4 is 27.6 Å². The van der Waals surface area contributed by atoms with Crippen molar-refractivity contribution in [3.05, 3.63) is 58.1 Å². The first-order chi connectivity index (χ1) is 15.8. The Balaban J connectivity index is 2.33. The number of aryl methyl sites for hydroxylation is 1. The summed E-state index contributed by atoms with van der Waals surface area (Å²) in [5, 5.41) is 0.458. The van der Waals surface area contributed by atoms with Crippen molar-refractivity contribution < 1.29 is 22.7 Å². The fraction of sp³-hybridized carbons (Fsp3) is 0.423. The van der Waals surface area contributed by atoms with Gasteiger partial charge in [-0.2, -0.15) is 0 Å². The van der Waals surface area contributed by atoms with E-state index in [1.54, 1.807) is 64.2 Å². The predicted molar refractivity (Wildman–Crippen MR) is 135 cm³/mol. The van der Waals surface area contributed by atoms with Crippen LogP contribution < -0.4 is 4.74 Å². The fourth-order valence-corrected chi connectivity index (χ4v) is 4.35. The summed E-state index contributed by atoms with van der Waals surface area (Å²) in [4.78, 5) is 12.2. The van der Waals surface area contributed by atoms with E-state index in [0.29, 0.717) is 28.4 Å². The van der Waals surface area contributed by atoms with Crippen molar-refractivity contribution in [2.24, 2.45) is 0 Å². The molecule has 184 valence electrons. The quantitative estimate of drug-likeness (QED) is 0.364. The van der Waals surface area contributed by atoms with Gasteiger partial charge in [0.05, 0.1) is 10.5 Å². The van der Waals surface area contributed by atoms with Gasteiger partial charge in [0, 0.05) is 24.2 Å². The highest BCUT2D eigenvalue weighted by atomic mass is 35.5. The molecule has 2 rings (SSSR count). The third-order valence-corrected chi connectivity index (χ3v) is 6.87. The Morgan fingerprint density at radius 2 is 1.76 bits per heavy atom. The maximum Gasteiger partial charge on any atom is 0.344 e. The van der Waals surface area contributed by atoms with Gasteiger partial charge < -0.3 is 9.47 Å². The third-order valence-electron chi connectivity index (χ3n) is 4.78. The zero-order chi connectivity index (χ0) is 25.5. The second-order valence-electron chi connectivity index (χ2n) is 8.92. The SMILES string of the molecule is CCCCN(C)S(=O)(=O)c1ccc(C)c(C#Cc2cc(Cl)ccc2OCC(=O)OC(C)(C)C)c1. The highest BCUT2D eigenvalue weighted by molar-refractivity contribution is 7.89. The van der Waals surface area contributed by atoms with Crippen LogP contribution >= 0.6 is 11.6 Å². The molecule has 0 spiro atoms. The van der Waals surface area contributed by atoms with Gasteiger partial charge in [0.1, 0.15) is 11.4 Å². The molecule has 0 fully saturated rings. The van der Waals surface area contributed by atoms with Gasteiger partial charge in [-0.3, -0.25) is 0 Å². The van der Waals surface area contributed by atoms with E-state index in [1.165, 1.54) is 4.31 Å². The first-order valence-electron chi connectivity index (χ1n) is 11.1. The van der Waals surface area contributed by atoms with Gasteiger partial charge in [-0.05, 0) is 70.0 Å². The molecule has 0 saturated heterocycles. The Morgan fingerprint density at radius 1 is 1.09 bits per heavy atom. The smallest absolute Gasteiger partial charge is 0.344 e. The number of carbonyl (C=O) groups excluding carboxylic acids is 1. The number of nitrogens with zero attached hydrogens (tertiary/aromatic N) is 1. The van der Waals surface area contributed by atoms with Crippen LogP contribution in [0.5, 0.6) is 5.75 Å². The van der Waals surface area contributed by atoms with Gasteiger partial charge in [0.15, 0.2) is 6.61 Å². The molecule has 8 heteroatoms. The minimum absolute atomic E-state index is 0.188. The minimum atomic E-state index is -3.61. The van der Waals surface area contributed by atoms with E-state index in [2.05, 4.69) is 11.8 Å². The Labute approximate surface area is 208 Å². The van der Waals surface area contributed by atoms with Crippen LogP contribution in [0.3, 0.4) is 0 Å². The maximum absolute atomic E-state index is 12.9. The molecule has 0 bridgehead atoms. The summed E-state index contributed by atoms with van der Waals surface area (Å²) in [6.07, 6.45) is 1.69. The summed E-state index contributed by atoms with van der Waals surface area (Å²) in [5.74, 6) is 5.92. The number of benzene rings is 2. The van der Waals surface area contributed by atoms with E-state index < -0.39 is 21.6 Å². The number of ether oxygens (including phenoxy) is 2. The summed E-state index contributed by atoms with van der Waals surface area (Å²) in [6.45, 7) is 9.40. The Bertz CT molecular complexity index is 1190. The van der Waals surface area contributed by atoms with E-state index in [0.717, 1.165) is 18.4 Å². The lowest BCUT2D eigenvalue weighted by molar-refractivity contribution is -0.157. The summed E-state index contributed by atoms with van der Waals surface area (Å²) in [5.41, 5.74) is 1.27. The van der Waals surface area contributed by atoms with Gasteiger partial charge in [0.2, 0.25) is 10.0 Å². The van der Waals surface area contributed by atoms with Crippen LogP contribution in [0.25, 0.3) is 0 Å². The number of rotatable bonds is 8. The molecule has 0 aliphatic heterocycles. The van der Waals surface area contributed by atoms with Gasteiger partial charge in [0.25, 0.3) is 0 Å². The van der Waals surface area contributed by atoms with E-state index in [4.69, 9.17) is 21.1 Å². The minimum Gasteiger partial charge on any atom is -0.481 e. The fourth-order valence-electron chi connectivity index (χ4n) is 2.95. The Kier molecular flexibility index (Phi) is 9.57. The van der Waals surface area contributed by atoms with Crippen LogP contribution in [-0.4, -0.2) is 44.5 Å². The first kappa shape index (κ1) is 27.7. The van der Waals surface area contributed by atoms with Crippen molar-refractivity contribution in [2.45, 2.75) is 58.0 Å². The zero-order valence-corrected chi connectivity index (χ0v) is 22.1. The molecule has 0 unspecified atom stereocenters. The summed E-state index contributed by atoms with van der Waals surface area (Å²) < 4.78 is 38.1.